The van der Waals surface area contributed by atoms with Gasteiger partial charge in [0, 0.05) is 62.4 Å². The van der Waals surface area contributed by atoms with E-state index in [1.165, 1.54) is 0 Å². The molecule has 3 heterocycles. The van der Waals surface area contributed by atoms with Crippen LogP contribution >= 0.6 is 0 Å². The standard InChI is InChI=1S/C21H25N5O2S/c1-2-29(27,28)25-14-12-24(13-15-25)16-19-17-26(20-6-4-3-5-7-20)23-21(19)18-8-10-22-11-9-18/h3-11,17H,2,12-16H2,1H3. The third kappa shape index (κ3) is 4.39. The van der Waals surface area contributed by atoms with Gasteiger partial charge < -0.3 is 0 Å². The molecule has 0 amide bonds. The van der Waals surface area contributed by atoms with Gasteiger partial charge in [-0.2, -0.15) is 9.40 Å². The van der Waals surface area contributed by atoms with Crippen LogP contribution in [-0.4, -0.2) is 64.3 Å². The average Bonchev–Trinajstić information content (AvgIpc) is 3.19. The number of aromatic nitrogens is 3. The van der Waals surface area contributed by atoms with Crippen molar-refractivity contribution in [2.75, 3.05) is 31.9 Å². The van der Waals surface area contributed by atoms with Crippen LogP contribution in [0.4, 0.5) is 0 Å². The maximum Gasteiger partial charge on any atom is 0.213 e. The predicted octanol–water partition coefficient (Wildman–Crippen LogP) is 2.40. The van der Waals surface area contributed by atoms with Crippen molar-refractivity contribution in [1.82, 2.24) is 24.0 Å². The lowest BCUT2D eigenvalue weighted by molar-refractivity contribution is 0.182. The zero-order valence-electron chi connectivity index (χ0n) is 16.5. The van der Waals surface area contributed by atoms with E-state index < -0.39 is 10.0 Å². The van der Waals surface area contributed by atoms with E-state index in [0.29, 0.717) is 26.2 Å². The first-order valence-electron chi connectivity index (χ1n) is 9.81. The molecule has 7 nitrogen and oxygen atoms in total. The number of sulfonamides is 1. The average molecular weight is 412 g/mol. The molecule has 3 aromatic rings. The lowest BCUT2D eigenvalue weighted by Gasteiger charge is -2.33. The Kier molecular flexibility index (Phi) is 5.75. The second-order valence-corrected chi connectivity index (χ2v) is 9.35. The third-order valence-corrected chi connectivity index (χ3v) is 7.13. The van der Waals surface area contributed by atoms with Crippen molar-refractivity contribution in [3.63, 3.8) is 0 Å². The molecule has 1 aliphatic rings. The second kappa shape index (κ2) is 8.44. The summed E-state index contributed by atoms with van der Waals surface area (Å²) in [6.07, 6.45) is 5.62. The predicted molar refractivity (Wildman–Crippen MR) is 113 cm³/mol. The first-order valence-corrected chi connectivity index (χ1v) is 11.4. The first-order chi connectivity index (χ1) is 14.1. The Labute approximate surface area is 171 Å². The quantitative estimate of drug-likeness (QED) is 0.623. The molecule has 0 unspecified atom stereocenters. The fourth-order valence-corrected chi connectivity index (χ4v) is 4.67. The maximum absolute atomic E-state index is 12.1. The summed E-state index contributed by atoms with van der Waals surface area (Å²) in [5, 5.41) is 4.84. The molecule has 1 fully saturated rings. The molecule has 4 rings (SSSR count). The van der Waals surface area contributed by atoms with Crippen molar-refractivity contribution in [2.24, 2.45) is 0 Å². The summed E-state index contributed by atoms with van der Waals surface area (Å²) in [6, 6.07) is 14.0. The number of para-hydroxylation sites is 1. The molecule has 0 radical (unpaired) electrons. The molecule has 0 N–H and O–H groups in total. The van der Waals surface area contributed by atoms with E-state index in [1.807, 2.05) is 47.1 Å². The molecule has 0 bridgehead atoms. The minimum Gasteiger partial charge on any atom is -0.296 e. The summed E-state index contributed by atoms with van der Waals surface area (Å²) in [5.74, 6) is 0.156. The summed E-state index contributed by atoms with van der Waals surface area (Å²) in [4.78, 5) is 6.40. The minimum absolute atomic E-state index is 0.156. The summed E-state index contributed by atoms with van der Waals surface area (Å²) in [6.45, 7) is 4.92. The van der Waals surface area contributed by atoms with Crippen molar-refractivity contribution in [3.05, 3.63) is 66.6 Å². The van der Waals surface area contributed by atoms with Crippen LogP contribution in [0.25, 0.3) is 16.9 Å². The first kappa shape index (κ1) is 19.8. The van der Waals surface area contributed by atoms with Crippen LogP contribution in [0.1, 0.15) is 12.5 Å². The van der Waals surface area contributed by atoms with Crippen LogP contribution in [0, 0.1) is 0 Å². The molecule has 29 heavy (non-hydrogen) atoms. The number of benzene rings is 1. The Bertz CT molecular complexity index is 1040. The lowest BCUT2D eigenvalue weighted by atomic mass is 10.1. The number of nitrogens with zero attached hydrogens (tertiary/aromatic N) is 5. The van der Waals surface area contributed by atoms with E-state index in [4.69, 9.17) is 5.10 Å². The van der Waals surface area contributed by atoms with Crippen LogP contribution < -0.4 is 0 Å². The Morgan fingerprint density at radius 1 is 0.966 bits per heavy atom. The number of rotatable bonds is 6. The van der Waals surface area contributed by atoms with Gasteiger partial charge in [-0.3, -0.25) is 9.88 Å². The summed E-state index contributed by atoms with van der Waals surface area (Å²) in [7, 11) is -3.12. The van der Waals surface area contributed by atoms with Gasteiger partial charge in [0.1, 0.15) is 0 Å². The molecule has 1 saturated heterocycles. The van der Waals surface area contributed by atoms with Gasteiger partial charge >= 0.3 is 0 Å². The van der Waals surface area contributed by atoms with Gasteiger partial charge in [0.15, 0.2) is 0 Å². The Balaban J connectivity index is 1.58. The molecule has 1 aromatic carbocycles. The normalized spacial score (nSPS) is 16.2. The topological polar surface area (TPSA) is 71.3 Å². The molecule has 0 atom stereocenters. The van der Waals surface area contributed by atoms with E-state index in [-0.39, 0.29) is 5.75 Å². The van der Waals surface area contributed by atoms with E-state index in [2.05, 4.69) is 16.1 Å². The zero-order valence-corrected chi connectivity index (χ0v) is 17.3. The summed E-state index contributed by atoms with van der Waals surface area (Å²) >= 11 is 0. The van der Waals surface area contributed by atoms with Crippen LogP contribution in [0.5, 0.6) is 0 Å². The Hall–Kier alpha value is -2.55. The van der Waals surface area contributed by atoms with Crippen LogP contribution in [0.15, 0.2) is 61.1 Å². The van der Waals surface area contributed by atoms with E-state index in [1.54, 1.807) is 23.6 Å². The van der Waals surface area contributed by atoms with E-state index >= 15 is 0 Å². The lowest BCUT2D eigenvalue weighted by Crippen LogP contribution is -2.48. The smallest absolute Gasteiger partial charge is 0.213 e. The Morgan fingerprint density at radius 2 is 1.66 bits per heavy atom. The fraction of sp³-hybridized carbons (Fsp3) is 0.333. The SMILES string of the molecule is CCS(=O)(=O)N1CCN(Cc2cn(-c3ccccc3)nc2-c2ccncc2)CC1. The molecule has 0 saturated carbocycles. The largest absolute Gasteiger partial charge is 0.296 e. The van der Waals surface area contributed by atoms with Gasteiger partial charge in [0.2, 0.25) is 10.0 Å². The highest BCUT2D eigenvalue weighted by atomic mass is 32.2. The monoisotopic (exact) mass is 411 g/mol. The highest BCUT2D eigenvalue weighted by molar-refractivity contribution is 7.89. The van der Waals surface area contributed by atoms with Gasteiger partial charge in [0.25, 0.3) is 0 Å². The number of pyridine rings is 1. The maximum atomic E-state index is 12.1. The van der Waals surface area contributed by atoms with Crippen molar-refractivity contribution >= 4 is 10.0 Å². The molecule has 8 heteroatoms. The molecule has 2 aromatic heterocycles. The fourth-order valence-electron chi connectivity index (χ4n) is 3.58. The molecule has 152 valence electrons. The van der Waals surface area contributed by atoms with Gasteiger partial charge in [0.05, 0.1) is 17.1 Å². The van der Waals surface area contributed by atoms with Crippen molar-refractivity contribution in [1.29, 1.82) is 0 Å². The number of hydrogen-bond acceptors (Lipinski definition) is 5. The number of piperazine rings is 1. The van der Waals surface area contributed by atoms with Gasteiger partial charge in [-0.05, 0) is 31.2 Å². The molecular formula is C21H25N5O2S. The van der Waals surface area contributed by atoms with Crippen LogP contribution in [0.2, 0.25) is 0 Å². The third-order valence-electron chi connectivity index (χ3n) is 5.25. The molecule has 0 spiro atoms. The van der Waals surface area contributed by atoms with Crippen molar-refractivity contribution in [2.45, 2.75) is 13.5 Å². The highest BCUT2D eigenvalue weighted by Gasteiger charge is 2.26. The van der Waals surface area contributed by atoms with Crippen molar-refractivity contribution in [3.8, 4) is 16.9 Å². The second-order valence-electron chi connectivity index (χ2n) is 7.09. The van der Waals surface area contributed by atoms with E-state index in [9.17, 15) is 8.42 Å². The summed E-state index contributed by atoms with van der Waals surface area (Å²) < 4.78 is 27.7. The zero-order chi connectivity index (χ0) is 20.3. The molecular weight excluding hydrogens is 386 g/mol. The minimum atomic E-state index is -3.12. The van der Waals surface area contributed by atoms with Crippen molar-refractivity contribution < 1.29 is 8.42 Å². The Morgan fingerprint density at radius 3 is 2.31 bits per heavy atom. The van der Waals surface area contributed by atoms with Crippen LogP contribution in [0.3, 0.4) is 0 Å². The van der Waals surface area contributed by atoms with Gasteiger partial charge in [-0.25, -0.2) is 13.1 Å². The van der Waals surface area contributed by atoms with E-state index in [0.717, 1.165) is 29.1 Å². The highest BCUT2D eigenvalue weighted by Crippen LogP contribution is 2.25. The molecule has 0 aliphatic carbocycles. The number of hydrogen-bond donors (Lipinski definition) is 0. The van der Waals surface area contributed by atoms with Gasteiger partial charge in [-0.15, -0.1) is 0 Å². The summed E-state index contributed by atoms with van der Waals surface area (Å²) in [5.41, 5.74) is 4.08. The molecule has 1 aliphatic heterocycles. The van der Waals surface area contributed by atoms with Crippen LogP contribution in [-0.2, 0) is 16.6 Å². The van der Waals surface area contributed by atoms with Gasteiger partial charge in [-0.1, -0.05) is 18.2 Å².